The van der Waals surface area contributed by atoms with Crippen molar-refractivity contribution in [3.05, 3.63) is 24.3 Å². The SMILES string of the molecule is CCCCO[C@H]1[C@H](C)O[C@@H](O[C@H]2[C@H](N(C)C)[C@@H](O)[C@H](O[C@H]3C(CC=O)C[C@@H](C)[C@@H](O)/C=C/C=C/C[C@@H](C)OC(=O)C[C@@H](O)[C@@H]3OC)O[C@@H]2C)C[C@@]1(C)OC. The number of rotatable bonds is 13. The smallest absolute Gasteiger partial charge is 0.308 e. The highest BCUT2D eigenvalue weighted by Crippen LogP contribution is 2.38. The van der Waals surface area contributed by atoms with Gasteiger partial charge in [0.25, 0.3) is 0 Å². The van der Waals surface area contributed by atoms with E-state index >= 15 is 0 Å². The maximum absolute atomic E-state index is 12.9. The second-order valence-corrected chi connectivity index (χ2v) is 15.7. The maximum Gasteiger partial charge on any atom is 0.308 e. The van der Waals surface area contributed by atoms with Crippen molar-refractivity contribution in [1.82, 2.24) is 4.90 Å². The van der Waals surface area contributed by atoms with Gasteiger partial charge >= 0.3 is 5.97 Å². The second-order valence-electron chi connectivity index (χ2n) is 15.7. The van der Waals surface area contributed by atoms with E-state index in [-0.39, 0.29) is 31.0 Å². The van der Waals surface area contributed by atoms with Crippen molar-refractivity contribution in [1.29, 1.82) is 0 Å². The van der Waals surface area contributed by atoms with Crippen LogP contribution in [0, 0.1) is 11.8 Å². The molecule has 0 saturated carbocycles. The zero-order chi connectivity index (χ0) is 40.2. The van der Waals surface area contributed by atoms with Crippen LogP contribution in [0.15, 0.2) is 24.3 Å². The number of esters is 1. The molecule has 0 amide bonds. The predicted octanol–water partition coefficient (Wildman–Crippen LogP) is 3.32. The molecule has 0 radical (unpaired) electrons. The standard InChI is InChI=1S/C40H69NO13/c1-11-12-20-49-38-27(5)51-32(23-40(38,6)48-10)53-35-26(4)52-39(34(46)33(35)41(7)8)54-36-28(18-19-42)21-24(2)29(43)17-15-13-14-16-25(3)50-31(45)22-30(44)37(36)47-9/h13-15,17,19,24-30,32-39,43-44,46H,11-12,16,18,20-23H2,1-10H3/b14-13+,17-15+/t24-,25-,26-,27+,28?,29+,30-,32+,33-,34-,35-,36+,37+,38+,39+,40-/m1/s1. The highest BCUT2D eigenvalue weighted by molar-refractivity contribution is 5.70. The Morgan fingerprint density at radius 1 is 1.00 bits per heavy atom. The number of carbonyl (C=O) groups is 2. The number of methoxy groups -OCH3 is 2. The summed E-state index contributed by atoms with van der Waals surface area (Å²) in [5, 5.41) is 34.4. The summed E-state index contributed by atoms with van der Waals surface area (Å²) in [4.78, 5) is 26.9. The average molecular weight is 772 g/mol. The first-order chi connectivity index (χ1) is 25.6. The van der Waals surface area contributed by atoms with Gasteiger partial charge in [0.1, 0.15) is 36.8 Å². The van der Waals surface area contributed by atoms with E-state index in [2.05, 4.69) is 6.92 Å². The van der Waals surface area contributed by atoms with Gasteiger partial charge < -0.3 is 62.9 Å². The summed E-state index contributed by atoms with van der Waals surface area (Å²) >= 11 is 0. The fraction of sp³-hybridized carbons (Fsp3) is 0.850. The Hall–Kier alpha value is -1.82. The molecule has 0 spiro atoms. The number of unbranched alkanes of at least 4 members (excludes halogenated alkanes) is 1. The molecule has 16 atom stereocenters. The van der Waals surface area contributed by atoms with E-state index in [0.717, 1.165) is 19.1 Å². The van der Waals surface area contributed by atoms with Crippen LogP contribution < -0.4 is 0 Å². The van der Waals surface area contributed by atoms with Crippen LogP contribution in [0.2, 0.25) is 0 Å². The lowest BCUT2D eigenvalue weighted by Gasteiger charge is -2.51. The van der Waals surface area contributed by atoms with E-state index in [0.29, 0.717) is 19.4 Å². The fourth-order valence-corrected chi connectivity index (χ4v) is 7.88. The van der Waals surface area contributed by atoms with Gasteiger partial charge in [-0.3, -0.25) is 4.79 Å². The Bertz CT molecular complexity index is 1190. The number of hydrogen-bond donors (Lipinski definition) is 3. The summed E-state index contributed by atoms with van der Waals surface area (Å²) < 4.78 is 49.5. The molecule has 3 aliphatic heterocycles. The average Bonchev–Trinajstić information content (AvgIpc) is 3.10. The molecule has 0 aromatic heterocycles. The number of aliphatic hydroxyl groups excluding tert-OH is 3. The van der Waals surface area contributed by atoms with Gasteiger partial charge in [0.2, 0.25) is 0 Å². The van der Waals surface area contributed by atoms with E-state index in [1.807, 2.05) is 52.8 Å². The van der Waals surface area contributed by atoms with Gasteiger partial charge in [0.15, 0.2) is 12.6 Å². The van der Waals surface area contributed by atoms with Crippen LogP contribution in [0.3, 0.4) is 0 Å². The van der Waals surface area contributed by atoms with Gasteiger partial charge in [-0.25, -0.2) is 0 Å². The Labute approximate surface area is 322 Å². The molecule has 14 nitrogen and oxygen atoms in total. The minimum Gasteiger partial charge on any atom is -0.462 e. The van der Waals surface area contributed by atoms with E-state index in [9.17, 15) is 24.9 Å². The van der Waals surface area contributed by atoms with Crippen molar-refractivity contribution in [2.45, 2.75) is 172 Å². The number of nitrogens with zero attached hydrogens (tertiary/aromatic N) is 1. The first-order valence-electron chi connectivity index (χ1n) is 19.6. The number of aliphatic hydroxyl groups is 3. The van der Waals surface area contributed by atoms with Crippen LogP contribution in [0.25, 0.3) is 0 Å². The van der Waals surface area contributed by atoms with Crippen LogP contribution >= 0.6 is 0 Å². The number of ether oxygens (including phenoxy) is 8. The topological polar surface area (TPSA) is 172 Å². The molecular weight excluding hydrogens is 702 g/mol. The molecule has 54 heavy (non-hydrogen) atoms. The molecule has 312 valence electrons. The fourth-order valence-electron chi connectivity index (χ4n) is 7.88. The number of aldehydes is 1. The van der Waals surface area contributed by atoms with E-state index in [1.54, 1.807) is 32.3 Å². The van der Waals surface area contributed by atoms with Gasteiger partial charge in [-0.15, -0.1) is 0 Å². The quantitative estimate of drug-likeness (QED) is 0.142. The molecule has 2 fully saturated rings. The van der Waals surface area contributed by atoms with Crippen LogP contribution in [-0.2, 0) is 47.5 Å². The third-order valence-electron chi connectivity index (χ3n) is 11.0. The van der Waals surface area contributed by atoms with Gasteiger partial charge in [0, 0.05) is 40.1 Å². The zero-order valence-electron chi connectivity index (χ0n) is 34.1. The van der Waals surface area contributed by atoms with Crippen molar-refractivity contribution in [2.24, 2.45) is 11.8 Å². The lowest BCUT2D eigenvalue weighted by atomic mass is 9.82. The van der Waals surface area contributed by atoms with Crippen LogP contribution in [0.4, 0.5) is 0 Å². The summed E-state index contributed by atoms with van der Waals surface area (Å²) in [6.07, 6.45) is 0.263. The summed E-state index contributed by atoms with van der Waals surface area (Å²) in [5.74, 6) is -1.58. The maximum atomic E-state index is 12.9. The monoisotopic (exact) mass is 771 g/mol. The van der Waals surface area contributed by atoms with Crippen LogP contribution in [0.5, 0.6) is 0 Å². The molecule has 14 heteroatoms. The normalized spacial score (nSPS) is 43.0. The molecule has 0 aromatic rings. The van der Waals surface area contributed by atoms with Crippen molar-refractivity contribution in [3.8, 4) is 0 Å². The van der Waals surface area contributed by atoms with Gasteiger partial charge in [-0.05, 0) is 66.5 Å². The molecule has 3 rings (SSSR count). The molecular formula is C40H69NO13. The molecule has 2 saturated heterocycles. The minimum atomic E-state index is -1.40. The predicted molar refractivity (Wildman–Crippen MR) is 200 cm³/mol. The lowest BCUT2D eigenvalue weighted by molar-refractivity contribution is -0.347. The summed E-state index contributed by atoms with van der Waals surface area (Å²) in [6.45, 7) is 12.0. The molecule has 0 aromatic carbocycles. The third-order valence-corrected chi connectivity index (χ3v) is 11.0. The van der Waals surface area contributed by atoms with Crippen LogP contribution in [-0.4, -0.2) is 153 Å². The summed E-state index contributed by atoms with van der Waals surface area (Å²) in [7, 11) is 6.68. The highest BCUT2D eigenvalue weighted by Gasteiger charge is 2.52. The minimum absolute atomic E-state index is 0.0146. The van der Waals surface area contributed by atoms with Crippen molar-refractivity contribution >= 4 is 12.3 Å². The molecule has 0 bridgehead atoms. The first kappa shape index (κ1) is 46.6. The number of likely N-dealkylation sites (N-methyl/N-ethyl adjacent to an activating group) is 1. The van der Waals surface area contributed by atoms with Crippen LogP contribution in [0.1, 0.15) is 86.5 Å². The van der Waals surface area contributed by atoms with Gasteiger partial charge in [-0.1, -0.05) is 44.6 Å². The van der Waals surface area contributed by atoms with Gasteiger partial charge in [0.05, 0.1) is 48.6 Å². The van der Waals surface area contributed by atoms with Crippen molar-refractivity contribution in [2.75, 3.05) is 34.9 Å². The second kappa shape index (κ2) is 22.2. The Balaban J connectivity index is 1.92. The first-order valence-corrected chi connectivity index (χ1v) is 19.6. The number of hydrogen-bond acceptors (Lipinski definition) is 14. The van der Waals surface area contributed by atoms with Gasteiger partial charge in [-0.2, -0.15) is 0 Å². The third kappa shape index (κ3) is 12.6. The molecule has 1 unspecified atom stereocenters. The zero-order valence-corrected chi connectivity index (χ0v) is 34.1. The molecule has 3 aliphatic rings. The highest BCUT2D eigenvalue weighted by atomic mass is 16.7. The largest absolute Gasteiger partial charge is 0.462 e. The lowest BCUT2D eigenvalue weighted by Crippen LogP contribution is -2.66. The number of allylic oxidation sites excluding steroid dienone is 2. The number of cyclic esters (lactones) is 1. The van der Waals surface area contributed by atoms with Crippen molar-refractivity contribution < 1.29 is 62.8 Å². The van der Waals surface area contributed by atoms with E-state index in [4.69, 9.17) is 37.9 Å². The Morgan fingerprint density at radius 3 is 2.35 bits per heavy atom. The molecule has 0 aliphatic carbocycles. The summed E-state index contributed by atoms with van der Waals surface area (Å²) in [6, 6.07) is -0.651. The van der Waals surface area contributed by atoms with Crippen molar-refractivity contribution in [3.63, 3.8) is 0 Å². The Morgan fingerprint density at radius 2 is 1.72 bits per heavy atom. The number of carbonyl (C=O) groups excluding carboxylic acids is 2. The molecule has 3 N–H and O–H groups in total. The summed E-state index contributed by atoms with van der Waals surface area (Å²) in [5.41, 5.74) is -0.692. The van der Waals surface area contributed by atoms with E-state index in [1.165, 1.54) is 7.11 Å². The van der Waals surface area contributed by atoms with E-state index < -0.39 is 91.4 Å². The molecule has 3 heterocycles. The Kier molecular flexibility index (Phi) is 19.1.